The molecule has 3 rings (SSSR count). The fraction of sp³-hybridized carbons (Fsp3) is 0.158. The van der Waals surface area contributed by atoms with Gasteiger partial charge in [-0.05, 0) is 36.8 Å². The van der Waals surface area contributed by atoms with Gasteiger partial charge in [-0.1, -0.05) is 45.9 Å². The second-order valence-electron chi connectivity index (χ2n) is 6.08. The molecule has 0 atom stereocenters. The maximum atomic E-state index is 12.3. The summed E-state index contributed by atoms with van der Waals surface area (Å²) in [5.41, 5.74) is 2.33. The summed E-state index contributed by atoms with van der Waals surface area (Å²) < 4.78 is 24.4. The second kappa shape index (κ2) is 8.77. The second-order valence-corrected chi connectivity index (χ2v) is 10.9. The fourth-order valence-corrected chi connectivity index (χ4v) is 4.92. The van der Waals surface area contributed by atoms with Gasteiger partial charge in [0.2, 0.25) is 5.91 Å². The van der Waals surface area contributed by atoms with Gasteiger partial charge >= 0.3 is 0 Å². The van der Waals surface area contributed by atoms with E-state index in [1.54, 1.807) is 6.07 Å². The van der Waals surface area contributed by atoms with Crippen LogP contribution in [0.1, 0.15) is 5.56 Å². The molecule has 1 amide bonds. The monoisotopic (exact) mass is 496 g/mol. The predicted molar refractivity (Wildman–Crippen MR) is 119 cm³/mol. The number of halogens is 1. The Balaban J connectivity index is 1.63. The summed E-state index contributed by atoms with van der Waals surface area (Å²) in [6, 6.07) is 12.6. The topological polar surface area (TPSA) is 76.1 Å². The predicted octanol–water partition coefficient (Wildman–Crippen LogP) is 5.02. The lowest BCUT2D eigenvalue weighted by atomic mass is 10.2. The van der Waals surface area contributed by atoms with Gasteiger partial charge < -0.3 is 5.32 Å². The first-order valence-electron chi connectivity index (χ1n) is 8.17. The normalized spacial score (nSPS) is 11.4. The molecule has 0 radical (unpaired) electrons. The van der Waals surface area contributed by atoms with E-state index < -0.39 is 9.84 Å². The number of sulfone groups is 1. The van der Waals surface area contributed by atoms with E-state index in [4.69, 9.17) is 0 Å². The van der Waals surface area contributed by atoms with E-state index in [1.807, 2.05) is 36.6 Å². The number of carbonyl (C=O) groups excluding carboxylic acids is 1. The lowest BCUT2D eigenvalue weighted by molar-refractivity contribution is -0.113. The highest BCUT2D eigenvalue weighted by Gasteiger charge is 2.12. The molecular weight excluding hydrogens is 480 g/mol. The van der Waals surface area contributed by atoms with Crippen molar-refractivity contribution in [2.75, 3.05) is 17.3 Å². The van der Waals surface area contributed by atoms with Gasteiger partial charge in [0.15, 0.2) is 9.84 Å². The van der Waals surface area contributed by atoms with Crippen molar-refractivity contribution in [2.45, 2.75) is 16.8 Å². The number of nitrogens with one attached hydrogen (secondary N) is 1. The molecular formula is C19H17BrN2O3S3. The van der Waals surface area contributed by atoms with E-state index >= 15 is 0 Å². The highest BCUT2D eigenvalue weighted by Crippen LogP contribution is 2.29. The molecule has 0 aliphatic carbocycles. The average molecular weight is 497 g/mol. The minimum atomic E-state index is -3.33. The van der Waals surface area contributed by atoms with Crippen LogP contribution in [0.2, 0.25) is 0 Å². The van der Waals surface area contributed by atoms with Crippen molar-refractivity contribution in [1.29, 1.82) is 0 Å². The molecule has 0 spiro atoms. The van der Waals surface area contributed by atoms with Gasteiger partial charge in [-0.15, -0.1) is 11.3 Å². The van der Waals surface area contributed by atoms with Gasteiger partial charge in [-0.25, -0.2) is 13.4 Å². The van der Waals surface area contributed by atoms with Crippen LogP contribution < -0.4 is 5.32 Å². The standard InChI is InChI=1S/C19H17BrN2O3S3/c1-12-3-8-15(28(2,24)25)9-16(12)21-17(23)10-26-18-11-27-19(22-18)13-4-6-14(20)7-5-13/h3-9,11H,10H2,1-2H3,(H,21,23). The number of hydrogen-bond acceptors (Lipinski definition) is 6. The molecule has 2 aromatic carbocycles. The summed E-state index contributed by atoms with van der Waals surface area (Å²) in [7, 11) is -3.33. The van der Waals surface area contributed by atoms with Crippen molar-refractivity contribution in [3.63, 3.8) is 0 Å². The summed E-state index contributed by atoms with van der Waals surface area (Å²) in [5, 5.41) is 6.38. The summed E-state index contributed by atoms with van der Waals surface area (Å²) in [4.78, 5) is 17.0. The molecule has 0 unspecified atom stereocenters. The largest absolute Gasteiger partial charge is 0.325 e. The number of rotatable bonds is 6. The highest BCUT2D eigenvalue weighted by atomic mass is 79.9. The number of aromatic nitrogens is 1. The van der Waals surface area contributed by atoms with E-state index in [2.05, 4.69) is 26.2 Å². The van der Waals surface area contributed by atoms with Gasteiger partial charge in [0, 0.05) is 27.4 Å². The van der Waals surface area contributed by atoms with Crippen molar-refractivity contribution in [1.82, 2.24) is 4.98 Å². The van der Waals surface area contributed by atoms with Crippen LogP contribution in [-0.2, 0) is 14.6 Å². The van der Waals surface area contributed by atoms with Crippen LogP contribution >= 0.6 is 39.0 Å². The number of benzene rings is 2. The first-order valence-corrected chi connectivity index (χ1v) is 12.7. The van der Waals surface area contributed by atoms with E-state index in [0.29, 0.717) is 5.69 Å². The lowest BCUT2D eigenvalue weighted by Gasteiger charge is -2.09. The smallest absolute Gasteiger partial charge is 0.234 e. The van der Waals surface area contributed by atoms with E-state index in [-0.39, 0.29) is 16.6 Å². The summed E-state index contributed by atoms with van der Waals surface area (Å²) in [6.45, 7) is 1.82. The Morgan fingerprint density at radius 2 is 1.93 bits per heavy atom. The molecule has 0 saturated heterocycles. The zero-order valence-corrected chi connectivity index (χ0v) is 19.1. The zero-order valence-electron chi connectivity index (χ0n) is 15.1. The Morgan fingerprint density at radius 3 is 2.61 bits per heavy atom. The Kier molecular flexibility index (Phi) is 6.59. The third-order valence-corrected chi connectivity index (χ3v) is 7.43. The Labute approximate surface area is 180 Å². The lowest BCUT2D eigenvalue weighted by Crippen LogP contribution is -2.15. The zero-order chi connectivity index (χ0) is 20.3. The van der Waals surface area contributed by atoms with Crippen molar-refractivity contribution in [3.05, 3.63) is 57.9 Å². The Bertz CT molecular complexity index is 1110. The molecule has 9 heteroatoms. The summed E-state index contributed by atoms with van der Waals surface area (Å²) in [5.74, 6) is -0.0246. The van der Waals surface area contributed by atoms with Crippen molar-refractivity contribution in [2.24, 2.45) is 0 Å². The van der Waals surface area contributed by atoms with Crippen molar-refractivity contribution < 1.29 is 13.2 Å². The highest BCUT2D eigenvalue weighted by molar-refractivity contribution is 9.10. The molecule has 0 aliphatic rings. The van der Waals surface area contributed by atoms with Crippen LogP contribution in [0.5, 0.6) is 0 Å². The third kappa shape index (κ3) is 5.44. The summed E-state index contributed by atoms with van der Waals surface area (Å²) >= 11 is 6.28. The van der Waals surface area contributed by atoms with Crippen LogP contribution in [0.25, 0.3) is 10.6 Å². The van der Waals surface area contributed by atoms with Crippen LogP contribution in [0.15, 0.2) is 62.2 Å². The molecule has 28 heavy (non-hydrogen) atoms. The van der Waals surface area contributed by atoms with Gasteiger partial charge in [-0.3, -0.25) is 4.79 Å². The number of thiazole rings is 1. The number of amides is 1. The van der Waals surface area contributed by atoms with E-state index in [9.17, 15) is 13.2 Å². The van der Waals surface area contributed by atoms with Gasteiger partial charge in [-0.2, -0.15) is 0 Å². The maximum Gasteiger partial charge on any atom is 0.234 e. The van der Waals surface area contributed by atoms with Crippen LogP contribution in [0, 0.1) is 6.92 Å². The molecule has 0 saturated carbocycles. The number of carbonyl (C=O) groups is 1. The number of aryl methyl sites for hydroxylation is 1. The molecule has 0 aliphatic heterocycles. The molecule has 146 valence electrons. The quantitative estimate of drug-likeness (QED) is 0.485. The Morgan fingerprint density at radius 1 is 1.21 bits per heavy atom. The Hall–Kier alpha value is -1.68. The number of anilines is 1. The number of thioether (sulfide) groups is 1. The number of nitrogens with zero attached hydrogens (tertiary/aromatic N) is 1. The first kappa shape index (κ1) is 21.0. The van der Waals surface area contributed by atoms with Crippen molar-refractivity contribution >= 4 is 60.5 Å². The van der Waals surface area contributed by atoms with Gasteiger partial charge in [0.1, 0.15) is 10.0 Å². The molecule has 0 bridgehead atoms. The molecule has 1 heterocycles. The van der Waals surface area contributed by atoms with E-state index in [0.717, 1.165) is 31.9 Å². The molecule has 5 nitrogen and oxygen atoms in total. The van der Waals surface area contributed by atoms with Crippen LogP contribution in [0.4, 0.5) is 5.69 Å². The van der Waals surface area contributed by atoms with E-state index in [1.165, 1.54) is 35.2 Å². The third-order valence-electron chi connectivity index (χ3n) is 3.84. The maximum absolute atomic E-state index is 12.3. The molecule has 0 fully saturated rings. The number of hydrogen-bond donors (Lipinski definition) is 1. The molecule has 3 aromatic rings. The summed E-state index contributed by atoms with van der Waals surface area (Å²) in [6.07, 6.45) is 1.14. The minimum Gasteiger partial charge on any atom is -0.325 e. The molecule has 1 aromatic heterocycles. The fourth-order valence-electron chi connectivity index (χ4n) is 2.34. The molecule has 1 N–H and O–H groups in total. The minimum absolute atomic E-state index is 0.180. The van der Waals surface area contributed by atoms with Crippen LogP contribution in [-0.4, -0.2) is 31.3 Å². The average Bonchev–Trinajstić information content (AvgIpc) is 3.10. The van der Waals surface area contributed by atoms with Gasteiger partial charge in [0.05, 0.1) is 10.6 Å². The van der Waals surface area contributed by atoms with Crippen molar-refractivity contribution in [3.8, 4) is 10.6 Å². The SMILES string of the molecule is Cc1ccc(S(C)(=O)=O)cc1NC(=O)CSc1csc(-c2ccc(Br)cc2)n1. The van der Waals surface area contributed by atoms with Gasteiger partial charge in [0.25, 0.3) is 0 Å². The van der Waals surface area contributed by atoms with Crippen LogP contribution in [0.3, 0.4) is 0 Å². The first-order chi connectivity index (χ1) is 13.2.